The van der Waals surface area contributed by atoms with Crippen LogP contribution in [0.4, 0.5) is 24.5 Å². The Bertz CT molecular complexity index is 1370. The minimum atomic E-state index is -0.644. The number of hydrogen-bond acceptors (Lipinski definition) is 6. The smallest absolute Gasteiger partial charge is 0.178 e. The molecule has 40 heavy (non-hydrogen) atoms. The lowest BCUT2D eigenvalue weighted by Gasteiger charge is -2.38. The van der Waals surface area contributed by atoms with Crippen LogP contribution in [0.25, 0.3) is 11.3 Å². The average molecular weight is 552 g/mol. The summed E-state index contributed by atoms with van der Waals surface area (Å²) in [4.78, 5) is 15.3. The molecule has 0 aliphatic carbocycles. The lowest BCUT2D eigenvalue weighted by atomic mass is 10.0. The fourth-order valence-electron chi connectivity index (χ4n) is 6.34. The van der Waals surface area contributed by atoms with Crippen molar-refractivity contribution in [3.63, 3.8) is 0 Å². The van der Waals surface area contributed by atoms with Crippen LogP contribution in [0, 0.1) is 17.5 Å². The first-order valence-electron chi connectivity index (χ1n) is 14.4. The quantitative estimate of drug-likeness (QED) is 0.385. The van der Waals surface area contributed by atoms with Crippen LogP contribution < -0.4 is 14.5 Å². The van der Waals surface area contributed by atoms with Gasteiger partial charge in [0.1, 0.15) is 23.9 Å². The van der Waals surface area contributed by atoms with Crippen molar-refractivity contribution in [3.8, 4) is 17.0 Å². The predicted octanol–water partition coefficient (Wildman–Crippen LogP) is 5.82. The Morgan fingerprint density at radius 3 is 2.40 bits per heavy atom. The molecule has 0 N–H and O–H groups in total. The highest BCUT2D eigenvalue weighted by molar-refractivity contribution is 5.72. The molecule has 6 nitrogen and oxygen atoms in total. The summed E-state index contributed by atoms with van der Waals surface area (Å²) in [7, 11) is 0. The molecule has 3 aliphatic rings. The standard InChI is InChI=1S/C31H36F3N5O/c1-20(2)39-13-14-40-31-25(33)17-22(18-28(31)39)30-26(34)19-35-29(36-30)16-21-5-6-27(24(32)15-21)38-11-7-23(8-12-38)37-9-3-4-10-37/h5-6,15,17-20,23H,3-4,7-14,16H2,1-2H3. The number of likely N-dealkylation sites (tertiary alicyclic amines) is 1. The van der Waals surface area contributed by atoms with Crippen LogP contribution in [0.2, 0.25) is 0 Å². The number of nitrogens with zero attached hydrogens (tertiary/aromatic N) is 5. The lowest BCUT2D eigenvalue weighted by Crippen LogP contribution is -2.44. The van der Waals surface area contributed by atoms with Gasteiger partial charge in [0.25, 0.3) is 0 Å². The Hall–Kier alpha value is -3.33. The van der Waals surface area contributed by atoms with Crippen LogP contribution in [-0.4, -0.2) is 66.3 Å². The van der Waals surface area contributed by atoms with E-state index in [9.17, 15) is 4.39 Å². The normalized spacial score (nSPS) is 18.4. The van der Waals surface area contributed by atoms with Crippen LogP contribution in [0.1, 0.15) is 50.9 Å². The van der Waals surface area contributed by atoms with Gasteiger partial charge < -0.3 is 19.4 Å². The van der Waals surface area contributed by atoms with Gasteiger partial charge in [-0.15, -0.1) is 0 Å². The van der Waals surface area contributed by atoms with Crippen LogP contribution in [0.5, 0.6) is 5.75 Å². The number of anilines is 2. The third-order valence-corrected chi connectivity index (χ3v) is 8.44. The predicted molar refractivity (Wildman–Crippen MR) is 151 cm³/mol. The molecule has 0 saturated carbocycles. The Morgan fingerprint density at radius 2 is 1.68 bits per heavy atom. The van der Waals surface area contributed by atoms with Gasteiger partial charge in [0.15, 0.2) is 17.4 Å². The Morgan fingerprint density at radius 1 is 0.900 bits per heavy atom. The molecule has 2 saturated heterocycles. The van der Waals surface area contributed by atoms with Gasteiger partial charge in [-0.3, -0.25) is 0 Å². The summed E-state index contributed by atoms with van der Waals surface area (Å²) in [5.41, 5.74) is 2.22. The van der Waals surface area contributed by atoms with Crippen molar-refractivity contribution in [1.29, 1.82) is 0 Å². The molecule has 3 aliphatic heterocycles. The van der Waals surface area contributed by atoms with Crippen LogP contribution in [-0.2, 0) is 6.42 Å². The van der Waals surface area contributed by atoms with E-state index in [1.54, 1.807) is 6.07 Å². The Balaban J connectivity index is 1.19. The number of ether oxygens (including phenoxy) is 1. The lowest BCUT2D eigenvalue weighted by molar-refractivity contribution is 0.207. The number of hydrogen-bond donors (Lipinski definition) is 0. The van der Waals surface area contributed by atoms with Crippen LogP contribution in [0.15, 0.2) is 36.5 Å². The molecule has 2 aromatic carbocycles. The van der Waals surface area contributed by atoms with Gasteiger partial charge in [0.2, 0.25) is 0 Å². The zero-order valence-corrected chi connectivity index (χ0v) is 23.2. The highest BCUT2D eigenvalue weighted by atomic mass is 19.1. The molecule has 0 unspecified atom stereocenters. The molecule has 212 valence electrons. The van der Waals surface area contributed by atoms with E-state index in [-0.39, 0.29) is 29.7 Å². The number of fused-ring (bicyclic) bond motifs is 1. The Labute approximate surface area is 233 Å². The third kappa shape index (κ3) is 5.36. The van der Waals surface area contributed by atoms with E-state index in [4.69, 9.17) is 4.74 Å². The molecule has 0 radical (unpaired) electrons. The SMILES string of the molecule is CC(C)N1CCOc2c(F)cc(-c3nc(Cc4ccc(N5CCC(N6CCCC6)CC5)c(F)c4)ncc3F)cc21. The van der Waals surface area contributed by atoms with Gasteiger partial charge in [-0.05, 0) is 82.4 Å². The topological polar surface area (TPSA) is 44.7 Å². The zero-order chi connectivity index (χ0) is 27.8. The summed E-state index contributed by atoms with van der Waals surface area (Å²) < 4.78 is 50.7. The summed E-state index contributed by atoms with van der Waals surface area (Å²) in [6, 6.07) is 8.92. The second-order valence-corrected chi connectivity index (χ2v) is 11.3. The molecular formula is C31H36F3N5O. The zero-order valence-electron chi connectivity index (χ0n) is 23.2. The van der Waals surface area contributed by atoms with E-state index in [1.807, 2.05) is 30.9 Å². The van der Waals surface area contributed by atoms with E-state index in [1.165, 1.54) is 38.1 Å². The summed E-state index contributed by atoms with van der Waals surface area (Å²) in [5.74, 6) is -0.960. The number of aromatic nitrogens is 2. The number of rotatable bonds is 6. The van der Waals surface area contributed by atoms with E-state index >= 15 is 8.78 Å². The fourth-order valence-corrected chi connectivity index (χ4v) is 6.34. The van der Waals surface area contributed by atoms with E-state index in [0.29, 0.717) is 47.5 Å². The van der Waals surface area contributed by atoms with Gasteiger partial charge in [0, 0.05) is 37.2 Å². The summed E-state index contributed by atoms with van der Waals surface area (Å²) in [6.07, 6.45) is 6.00. The molecule has 9 heteroatoms. The van der Waals surface area contributed by atoms with E-state index in [0.717, 1.165) is 32.1 Å². The molecule has 0 bridgehead atoms. The minimum absolute atomic E-state index is 0.0129. The molecule has 2 fully saturated rings. The van der Waals surface area contributed by atoms with Crippen molar-refractivity contribution in [2.75, 3.05) is 49.1 Å². The first-order chi connectivity index (χ1) is 19.4. The number of piperidine rings is 1. The maximum atomic E-state index is 15.2. The Kier molecular flexibility index (Phi) is 7.57. The summed E-state index contributed by atoms with van der Waals surface area (Å²) >= 11 is 0. The molecular weight excluding hydrogens is 515 g/mol. The van der Waals surface area contributed by atoms with Crippen LogP contribution >= 0.6 is 0 Å². The molecule has 6 rings (SSSR count). The molecule has 0 spiro atoms. The maximum Gasteiger partial charge on any atom is 0.178 e. The van der Waals surface area contributed by atoms with Crippen molar-refractivity contribution in [2.45, 2.75) is 58.0 Å². The molecule has 3 aromatic rings. The molecule has 1 aromatic heterocycles. The second-order valence-electron chi connectivity index (χ2n) is 11.3. The molecule has 0 amide bonds. The first-order valence-corrected chi connectivity index (χ1v) is 14.4. The van der Waals surface area contributed by atoms with Gasteiger partial charge in [-0.1, -0.05) is 6.07 Å². The minimum Gasteiger partial charge on any atom is -0.486 e. The van der Waals surface area contributed by atoms with Gasteiger partial charge in [-0.2, -0.15) is 0 Å². The van der Waals surface area contributed by atoms with Crippen molar-refractivity contribution in [3.05, 3.63) is 65.4 Å². The van der Waals surface area contributed by atoms with Gasteiger partial charge in [-0.25, -0.2) is 23.1 Å². The average Bonchev–Trinajstić information content (AvgIpc) is 3.49. The third-order valence-electron chi connectivity index (χ3n) is 8.44. The largest absolute Gasteiger partial charge is 0.486 e. The van der Waals surface area contributed by atoms with Crippen molar-refractivity contribution in [1.82, 2.24) is 14.9 Å². The summed E-state index contributed by atoms with van der Waals surface area (Å²) in [6.45, 7) is 9.11. The number of halogens is 3. The van der Waals surface area contributed by atoms with E-state index < -0.39 is 11.6 Å². The maximum absolute atomic E-state index is 15.2. The van der Waals surface area contributed by atoms with E-state index in [2.05, 4.69) is 19.8 Å². The molecule has 0 atom stereocenters. The monoisotopic (exact) mass is 551 g/mol. The fraction of sp³-hybridized carbons (Fsp3) is 0.484. The van der Waals surface area contributed by atoms with Crippen LogP contribution in [0.3, 0.4) is 0 Å². The van der Waals surface area contributed by atoms with Gasteiger partial charge >= 0.3 is 0 Å². The van der Waals surface area contributed by atoms with Gasteiger partial charge in [0.05, 0.1) is 24.1 Å². The van der Waals surface area contributed by atoms with Crippen molar-refractivity contribution in [2.24, 2.45) is 0 Å². The first kappa shape index (κ1) is 26.9. The van der Waals surface area contributed by atoms with Crippen molar-refractivity contribution >= 4 is 11.4 Å². The molecule has 4 heterocycles. The number of benzene rings is 2. The highest BCUT2D eigenvalue weighted by Crippen LogP contribution is 2.39. The second kappa shape index (κ2) is 11.3. The summed E-state index contributed by atoms with van der Waals surface area (Å²) in [5, 5.41) is 0. The highest BCUT2D eigenvalue weighted by Gasteiger charge is 2.28. The van der Waals surface area contributed by atoms with Crippen molar-refractivity contribution < 1.29 is 17.9 Å².